The van der Waals surface area contributed by atoms with Gasteiger partial charge in [0.1, 0.15) is 0 Å². The zero-order chi connectivity index (χ0) is 9.80. The standard InChI is InChI=1S/C10H13N3S/c1-11-5-2-3-10-13-8-7-12-6-4-9(8)14-10/h4,6-7,11H,2-3,5H2,1H3. The molecule has 0 amide bonds. The third kappa shape index (κ3) is 2.08. The van der Waals surface area contributed by atoms with Crippen LogP contribution in [-0.2, 0) is 6.42 Å². The van der Waals surface area contributed by atoms with E-state index in [2.05, 4.69) is 15.3 Å². The smallest absolute Gasteiger partial charge is 0.0998 e. The SMILES string of the molecule is CNCCCc1nc2cnccc2s1. The Hall–Kier alpha value is -1.00. The van der Waals surface area contributed by atoms with Crippen LogP contribution in [0.5, 0.6) is 0 Å². The number of nitrogens with zero attached hydrogens (tertiary/aromatic N) is 2. The van der Waals surface area contributed by atoms with Gasteiger partial charge in [0.2, 0.25) is 0 Å². The van der Waals surface area contributed by atoms with Crippen molar-refractivity contribution in [3.63, 3.8) is 0 Å². The van der Waals surface area contributed by atoms with Gasteiger partial charge in [0.15, 0.2) is 0 Å². The van der Waals surface area contributed by atoms with Gasteiger partial charge >= 0.3 is 0 Å². The molecule has 3 nitrogen and oxygen atoms in total. The van der Waals surface area contributed by atoms with E-state index in [9.17, 15) is 0 Å². The summed E-state index contributed by atoms with van der Waals surface area (Å²) in [6.45, 7) is 1.05. The van der Waals surface area contributed by atoms with Crippen molar-refractivity contribution in [1.82, 2.24) is 15.3 Å². The highest BCUT2D eigenvalue weighted by Crippen LogP contribution is 2.21. The molecule has 14 heavy (non-hydrogen) atoms. The molecule has 0 unspecified atom stereocenters. The number of aromatic nitrogens is 2. The lowest BCUT2D eigenvalue weighted by atomic mass is 10.3. The van der Waals surface area contributed by atoms with Crippen LogP contribution in [-0.4, -0.2) is 23.6 Å². The van der Waals surface area contributed by atoms with Gasteiger partial charge in [-0.05, 0) is 26.1 Å². The molecule has 74 valence electrons. The summed E-state index contributed by atoms with van der Waals surface area (Å²) in [4.78, 5) is 8.57. The Labute approximate surface area is 87.2 Å². The molecule has 2 rings (SSSR count). The van der Waals surface area contributed by atoms with Gasteiger partial charge in [-0.3, -0.25) is 4.98 Å². The lowest BCUT2D eigenvalue weighted by Crippen LogP contribution is -2.08. The summed E-state index contributed by atoms with van der Waals surface area (Å²) in [6.07, 6.45) is 5.84. The molecule has 1 N–H and O–H groups in total. The summed E-state index contributed by atoms with van der Waals surface area (Å²) < 4.78 is 1.24. The minimum absolute atomic E-state index is 1.02. The van der Waals surface area contributed by atoms with Crippen molar-refractivity contribution in [3.8, 4) is 0 Å². The maximum Gasteiger partial charge on any atom is 0.0998 e. The number of rotatable bonds is 4. The number of aryl methyl sites for hydroxylation is 1. The maximum absolute atomic E-state index is 4.51. The maximum atomic E-state index is 4.51. The van der Waals surface area contributed by atoms with Crippen molar-refractivity contribution >= 4 is 21.6 Å². The van der Waals surface area contributed by atoms with E-state index < -0.39 is 0 Å². The van der Waals surface area contributed by atoms with Gasteiger partial charge in [-0.2, -0.15) is 0 Å². The van der Waals surface area contributed by atoms with Gasteiger partial charge in [-0.1, -0.05) is 0 Å². The Balaban J connectivity index is 2.11. The molecule has 2 heterocycles. The number of nitrogens with one attached hydrogen (secondary N) is 1. The Kier molecular flexibility index (Phi) is 3.06. The van der Waals surface area contributed by atoms with Crippen LogP contribution >= 0.6 is 11.3 Å². The van der Waals surface area contributed by atoms with Crippen molar-refractivity contribution < 1.29 is 0 Å². The highest BCUT2D eigenvalue weighted by Gasteiger charge is 2.02. The first-order valence-electron chi connectivity index (χ1n) is 4.74. The zero-order valence-corrected chi connectivity index (χ0v) is 8.97. The number of hydrogen-bond donors (Lipinski definition) is 1. The second-order valence-corrected chi connectivity index (χ2v) is 4.27. The fraction of sp³-hybridized carbons (Fsp3) is 0.400. The molecule has 0 radical (unpaired) electrons. The van der Waals surface area contributed by atoms with Crippen molar-refractivity contribution in [3.05, 3.63) is 23.5 Å². The summed E-state index contributed by atoms with van der Waals surface area (Å²) in [5, 5.41) is 4.35. The minimum Gasteiger partial charge on any atom is -0.320 e. The Morgan fingerprint density at radius 2 is 2.43 bits per heavy atom. The Morgan fingerprint density at radius 1 is 1.50 bits per heavy atom. The summed E-state index contributed by atoms with van der Waals surface area (Å²) >= 11 is 1.77. The van der Waals surface area contributed by atoms with E-state index in [1.165, 1.54) is 9.71 Å². The molecule has 2 aromatic rings. The van der Waals surface area contributed by atoms with E-state index in [1.54, 1.807) is 11.3 Å². The molecule has 0 saturated carbocycles. The lowest BCUT2D eigenvalue weighted by Gasteiger charge is -1.94. The average Bonchev–Trinajstić information content (AvgIpc) is 2.60. The average molecular weight is 207 g/mol. The highest BCUT2D eigenvalue weighted by atomic mass is 32.1. The van der Waals surface area contributed by atoms with Gasteiger partial charge in [0.25, 0.3) is 0 Å². The molecule has 0 atom stereocenters. The molecule has 0 bridgehead atoms. The number of pyridine rings is 1. The number of hydrogen-bond acceptors (Lipinski definition) is 4. The van der Waals surface area contributed by atoms with Gasteiger partial charge in [-0.15, -0.1) is 11.3 Å². The Bertz CT molecular complexity index is 377. The predicted molar refractivity (Wildman–Crippen MR) is 59.7 cm³/mol. The van der Waals surface area contributed by atoms with Crippen LogP contribution in [0.1, 0.15) is 11.4 Å². The summed E-state index contributed by atoms with van der Waals surface area (Å²) in [7, 11) is 1.97. The van der Waals surface area contributed by atoms with Crippen molar-refractivity contribution in [1.29, 1.82) is 0 Å². The monoisotopic (exact) mass is 207 g/mol. The fourth-order valence-corrected chi connectivity index (χ4v) is 2.33. The summed E-state index contributed by atoms with van der Waals surface area (Å²) in [5.74, 6) is 0. The minimum atomic E-state index is 1.02. The third-order valence-electron chi connectivity index (χ3n) is 2.05. The van der Waals surface area contributed by atoms with Crippen LogP contribution < -0.4 is 5.32 Å². The van der Waals surface area contributed by atoms with E-state index in [1.807, 2.05) is 25.5 Å². The van der Waals surface area contributed by atoms with Crippen LogP contribution in [0.15, 0.2) is 18.5 Å². The van der Waals surface area contributed by atoms with Crippen LogP contribution in [0.25, 0.3) is 10.2 Å². The van der Waals surface area contributed by atoms with Crippen LogP contribution in [0.2, 0.25) is 0 Å². The van der Waals surface area contributed by atoms with Crippen LogP contribution in [0, 0.1) is 0 Å². The summed E-state index contributed by atoms with van der Waals surface area (Å²) in [5.41, 5.74) is 1.02. The first-order chi connectivity index (χ1) is 6.90. The molecule has 0 aromatic carbocycles. The van der Waals surface area contributed by atoms with Gasteiger partial charge in [0, 0.05) is 12.6 Å². The second kappa shape index (κ2) is 4.48. The van der Waals surface area contributed by atoms with Crippen molar-refractivity contribution in [2.75, 3.05) is 13.6 Å². The van der Waals surface area contributed by atoms with E-state index in [4.69, 9.17) is 0 Å². The van der Waals surface area contributed by atoms with Crippen LogP contribution in [0.4, 0.5) is 0 Å². The molecule has 0 aliphatic rings. The molecule has 4 heteroatoms. The second-order valence-electron chi connectivity index (χ2n) is 3.16. The molecule has 0 saturated heterocycles. The number of fused-ring (bicyclic) bond motifs is 1. The van der Waals surface area contributed by atoms with Gasteiger partial charge in [0.05, 0.1) is 21.4 Å². The summed E-state index contributed by atoms with van der Waals surface area (Å²) in [6, 6.07) is 2.02. The van der Waals surface area contributed by atoms with Gasteiger partial charge < -0.3 is 5.32 Å². The van der Waals surface area contributed by atoms with E-state index in [-0.39, 0.29) is 0 Å². The zero-order valence-electron chi connectivity index (χ0n) is 8.16. The fourth-order valence-electron chi connectivity index (χ4n) is 1.35. The molecule has 0 aliphatic carbocycles. The quantitative estimate of drug-likeness (QED) is 0.777. The van der Waals surface area contributed by atoms with Crippen molar-refractivity contribution in [2.24, 2.45) is 0 Å². The van der Waals surface area contributed by atoms with Crippen molar-refractivity contribution in [2.45, 2.75) is 12.8 Å². The normalized spacial score (nSPS) is 10.9. The predicted octanol–water partition coefficient (Wildman–Crippen LogP) is 1.84. The van der Waals surface area contributed by atoms with E-state index >= 15 is 0 Å². The molecule has 0 spiro atoms. The van der Waals surface area contributed by atoms with Crippen LogP contribution in [0.3, 0.4) is 0 Å². The largest absolute Gasteiger partial charge is 0.320 e. The molecular formula is C10H13N3S. The third-order valence-corrected chi connectivity index (χ3v) is 3.15. The highest BCUT2D eigenvalue weighted by molar-refractivity contribution is 7.18. The lowest BCUT2D eigenvalue weighted by molar-refractivity contribution is 0.723. The number of thiazole rings is 1. The first kappa shape index (κ1) is 9.55. The van der Waals surface area contributed by atoms with E-state index in [0.29, 0.717) is 0 Å². The molecule has 2 aromatic heterocycles. The first-order valence-corrected chi connectivity index (χ1v) is 5.56. The van der Waals surface area contributed by atoms with E-state index in [0.717, 1.165) is 24.9 Å². The molecule has 0 fully saturated rings. The topological polar surface area (TPSA) is 37.8 Å². The Morgan fingerprint density at radius 3 is 3.21 bits per heavy atom. The molecular weight excluding hydrogens is 194 g/mol. The van der Waals surface area contributed by atoms with Gasteiger partial charge in [-0.25, -0.2) is 4.98 Å². The molecule has 0 aliphatic heterocycles.